The zero-order chi connectivity index (χ0) is 26.0. The second-order valence-corrected chi connectivity index (χ2v) is 10.5. The van der Waals surface area contributed by atoms with Gasteiger partial charge in [0, 0.05) is 16.4 Å². The molecule has 4 rings (SSSR count). The van der Waals surface area contributed by atoms with Crippen molar-refractivity contribution < 1.29 is 9.59 Å². The Morgan fingerprint density at radius 1 is 1.00 bits per heavy atom. The van der Waals surface area contributed by atoms with Gasteiger partial charge >= 0.3 is 0 Å². The SMILES string of the molecule is Cc1ccc(NC(=O)/C(C#N)=C2\S[C@H](Cc3ccc(C)c(Cl)c3)C(=O)N2c2ccc(C)c(C)c2)cc1. The second-order valence-electron chi connectivity index (χ2n) is 8.95. The Kier molecular flexibility index (Phi) is 7.53. The average molecular weight is 516 g/mol. The fourth-order valence-electron chi connectivity index (χ4n) is 3.89. The van der Waals surface area contributed by atoms with Crippen molar-refractivity contribution in [3.05, 3.63) is 104 Å². The first-order valence-corrected chi connectivity index (χ1v) is 12.8. The molecular weight excluding hydrogens is 490 g/mol. The van der Waals surface area contributed by atoms with Crippen molar-refractivity contribution in [2.75, 3.05) is 10.2 Å². The molecule has 0 radical (unpaired) electrons. The van der Waals surface area contributed by atoms with Gasteiger partial charge in [0.05, 0.1) is 5.25 Å². The van der Waals surface area contributed by atoms with Gasteiger partial charge in [-0.1, -0.05) is 59.3 Å². The fraction of sp³-hybridized carbons (Fsp3) is 0.207. The molecule has 1 heterocycles. The first-order chi connectivity index (χ1) is 17.2. The Hall–Kier alpha value is -3.53. The third-order valence-electron chi connectivity index (χ3n) is 6.22. The van der Waals surface area contributed by atoms with Gasteiger partial charge in [-0.2, -0.15) is 5.26 Å². The summed E-state index contributed by atoms with van der Waals surface area (Å²) in [4.78, 5) is 28.4. The van der Waals surface area contributed by atoms with Crippen LogP contribution in [0.2, 0.25) is 5.02 Å². The molecule has 1 fully saturated rings. The molecule has 7 heteroatoms. The van der Waals surface area contributed by atoms with Crippen molar-refractivity contribution >= 4 is 46.6 Å². The average Bonchev–Trinajstić information content (AvgIpc) is 3.15. The molecule has 0 aromatic heterocycles. The number of nitriles is 1. The zero-order valence-corrected chi connectivity index (χ0v) is 22.1. The quantitative estimate of drug-likeness (QED) is 0.305. The summed E-state index contributed by atoms with van der Waals surface area (Å²) in [5, 5.41) is 13.3. The van der Waals surface area contributed by atoms with E-state index in [4.69, 9.17) is 11.6 Å². The van der Waals surface area contributed by atoms with E-state index < -0.39 is 11.2 Å². The summed E-state index contributed by atoms with van der Waals surface area (Å²) in [5.74, 6) is -0.727. The van der Waals surface area contributed by atoms with Crippen LogP contribution in [0.15, 0.2) is 71.3 Å². The molecular formula is C29H26ClN3O2S. The first kappa shape index (κ1) is 25.6. The Labute approximate surface area is 220 Å². The molecule has 1 N–H and O–H groups in total. The normalized spacial score (nSPS) is 16.6. The number of hydrogen-bond acceptors (Lipinski definition) is 4. The molecule has 0 unspecified atom stereocenters. The third-order valence-corrected chi connectivity index (χ3v) is 7.89. The molecule has 3 aromatic carbocycles. The number of benzene rings is 3. The second kappa shape index (κ2) is 10.6. The van der Waals surface area contributed by atoms with Crippen molar-refractivity contribution in [1.82, 2.24) is 0 Å². The summed E-state index contributed by atoms with van der Waals surface area (Å²) in [7, 11) is 0. The van der Waals surface area contributed by atoms with Crippen molar-refractivity contribution in [3.8, 4) is 6.07 Å². The maximum Gasteiger partial charge on any atom is 0.269 e. The lowest BCUT2D eigenvalue weighted by Gasteiger charge is -2.20. The fourth-order valence-corrected chi connectivity index (χ4v) is 5.41. The zero-order valence-electron chi connectivity index (χ0n) is 20.6. The number of amides is 2. The third kappa shape index (κ3) is 5.33. The highest BCUT2D eigenvalue weighted by atomic mass is 35.5. The standard InChI is InChI=1S/C29H26ClN3O2S/c1-17-5-10-22(11-6-17)32-27(34)24(16-31)29-33(23-12-8-18(2)20(4)13-23)28(35)26(36-29)15-21-9-7-19(3)25(30)14-21/h5-14,26H,15H2,1-4H3,(H,32,34)/b29-24-/t26-/m1/s1. The maximum atomic E-state index is 13.7. The van der Waals surface area contributed by atoms with Gasteiger partial charge in [0.25, 0.3) is 5.91 Å². The highest BCUT2D eigenvalue weighted by Crippen LogP contribution is 2.42. The molecule has 0 saturated carbocycles. The molecule has 0 spiro atoms. The van der Waals surface area contributed by atoms with Gasteiger partial charge < -0.3 is 5.32 Å². The van der Waals surface area contributed by atoms with Gasteiger partial charge in [0.1, 0.15) is 16.7 Å². The number of nitrogens with zero attached hydrogens (tertiary/aromatic N) is 2. The van der Waals surface area contributed by atoms with Crippen LogP contribution in [0.4, 0.5) is 11.4 Å². The monoisotopic (exact) mass is 515 g/mol. The predicted octanol–water partition coefficient (Wildman–Crippen LogP) is 6.64. The van der Waals surface area contributed by atoms with Gasteiger partial charge in [0.15, 0.2) is 0 Å². The number of nitrogens with one attached hydrogen (secondary N) is 1. The Morgan fingerprint density at radius 3 is 2.33 bits per heavy atom. The number of thioether (sulfide) groups is 1. The van der Waals surface area contributed by atoms with Crippen LogP contribution in [-0.2, 0) is 16.0 Å². The Morgan fingerprint density at radius 2 is 1.69 bits per heavy atom. The van der Waals surface area contributed by atoms with Crippen LogP contribution in [0.3, 0.4) is 0 Å². The highest BCUT2D eigenvalue weighted by Gasteiger charge is 2.41. The van der Waals surface area contributed by atoms with E-state index >= 15 is 0 Å². The molecule has 3 aromatic rings. The highest BCUT2D eigenvalue weighted by molar-refractivity contribution is 8.05. The van der Waals surface area contributed by atoms with Crippen LogP contribution < -0.4 is 10.2 Å². The van der Waals surface area contributed by atoms with Crippen LogP contribution in [0, 0.1) is 39.0 Å². The van der Waals surface area contributed by atoms with Crippen molar-refractivity contribution in [2.24, 2.45) is 0 Å². The molecule has 1 aliphatic heterocycles. The summed E-state index contributed by atoms with van der Waals surface area (Å²) in [5.41, 5.74) is 6.15. The minimum Gasteiger partial charge on any atom is -0.321 e. The van der Waals surface area contributed by atoms with Crippen LogP contribution in [0.25, 0.3) is 0 Å². The van der Waals surface area contributed by atoms with Gasteiger partial charge in [-0.3, -0.25) is 14.5 Å². The van der Waals surface area contributed by atoms with E-state index in [1.54, 1.807) is 12.1 Å². The minimum atomic E-state index is -0.551. The molecule has 0 aliphatic carbocycles. The smallest absolute Gasteiger partial charge is 0.269 e. The number of rotatable bonds is 5. The molecule has 0 bridgehead atoms. The molecule has 182 valence electrons. The van der Waals surface area contributed by atoms with E-state index in [1.807, 2.05) is 76.2 Å². The molecule has 1 aliphatic rings. The largest absolute Gasteiger partial charge is 0.321 e. The van der Waals surface area contributed by atoms with Gasteiger partial charge in [-0.05, 0) is 86.7 Å². The van der Waals surface area contributed by atoms with E-state index in [0.29, 0.717) is 27.8 Å². The minimum absolute atomic E-state index is 0.100. The number of hydrogen-bond donors (Lipinski definition) is 1. The molecule has 1 atom stereocenters. The number of halogens is 1. The number of aryl methyl sites for hydroxylation is 4. The van der Waals surface area contributed by atoms with E-state index in [-0.39, 0.29) is 11.5 Å². The van der Waals surface area contributed by atoms with Crippen LogP contribution in [-0.4, -0.2) is 17.1 Å². The summed E-state index contributed by atoms with van der Waals surface area (Å²) in [6.45, 7) is 7.85. The molecule has 5 nitrogen and oxygen atoms in total. The maximum absolute atomic E-state index is 13.7. The summed E-state index contributed by atoms with van der Waals surface area (Å²) in [6.07, 6.45) is 0.423. The molecule has 36 heavy (non-hydrogen) atoms. The lowest BCUT2D eigenvalue weighted by molar-refractivity contribution is -0.117. The van der Waals surface area contributed by atoms with Crippen LogP contribution in [0.1, 0.15) is 27.8 Å². The van der Waals surface area contributed by atoms with E-state index in [1.165, 1.54) is 16.7 Å². The molecule has 2 amide bonds. The van der Waals surface area contributed by atoms with Gasteiger partial charge in [-0.15, -0.1) is 0 Å². The lowest BCUT2D eigenvalue weighted by Crippen LogP contribution is -2.31. The van der Waals surface area contributed by atoms with Gasteiger partial charge in [-0.25, -0.2) is 0 Å². The summed E-state index contributed by atoms with van der Waals surface area (Å²) in [6, 6.07) is 20.8. The Bertz CT molecular complexity index is 1420. The lowest BCUT2D eigenvalue weighted by atomic mass is 10.1. The van der Waals surface area contributed by atoms with Crippen molar-refractivity contribution in [2.45, 2.75) is 39.4 Å². The topological polar surface area (TPSA) is 73.2 Å². The summed E-state index contributed by atoms with van der Waals surface area (Å²) >= 11 is 7.56. The van der Waals surface area contributed by atoms with Crippen molar-refractivity contribution in [3.63, 3.8) is 0 Å². The van der Waals surface area contributed by atoms with E-state index in [0.717, 1.165) is 27.8 Å². The van der Waals surface area contributed by atoms with Crippen LogP contribution in [0.5, 0.6) is 0 Å². The number of carbonyl (C=O) groups is 2. The predicted molar refractivity (Wildman–Crippen MR) is 147 cm³/mol. The number of carbonyl (C=O) groups excluding carboxylic acids is 2. The van der Waals surface area contributed by atoms with Gasteiger partial charge in [0.2, 0.25) is 5.91 Å². The van der Waals surface area contributed by atoms with Crippen molar-refractivity contribution in [1.29, 1.82) is 5.26 Å². The first-order valence-electron chi connectivity index (χ1n) is 11.5. The summed E-state index contributed by atoms with van der Waals surface area (Å²) < 4.78 is 0. The molecule has 1 saturated heterocycles. The Balaban J connectivity index is 1.74. The van der Waals surface area contributed by atoms with Crippen LogP contribution >= 0.6 is 23.4 Å². The van der Waals surface area contributed by atoms with E-state index in [2.05, 4.69) is 11.4 Å². The van der Waals surface area contributed by atoms with E-state index in [9.17, 15) is 14.9 Å². The number of anilines is 2.